The van der Waals surface area contributed by atoms with Gasteiger partial charge in [-0.1, -0.05) is 12.1 Å². The molecule has 32 heavy (non-hydrogen) atoms. The molecule has 0 saturated heterocycles. The molecule has 0 bridgehead atoms. The van der Waals surface area contributed by atoms with Gasteiger partial charge in [-0.3, -0.25) is 4.79 Å². The summed E-state index contributed by atoms with van der Waals surface area (Å²) in [6.07, 6.45) is 0.720. The molecular formula is C22H24N4O6. The summed E-state index contributed by atoms with van der Waals surface area (Å²) in [5.41, 5.74) is 1.34. The summed E-state index contributed by atoms with van der Waals surface area (Å²) in [5.74, 6) is 0.104. The minimum Gasteiger partial charge on any atom is -0.477 e. The molecule has 2 aliphatic heterocycles. The van der Waals surface area contributed by atoms with Crippen molar-refractivity contribution < 1.29 is 28.3 Å². The van der Waals surface area contributed by atoms with Crippen LogP contribution in [0.15, 0.2) is 58.3 Å². The molecule has 3 N–H and O–H groups in total. The zero-order chi connectivity index (χ0) is 22.7. The number of hydrogen-bond acceptors (Lipinski definition) is 7. The van der Waals surface area contributed by atoms with Crippen LogP contribution in [0.3, 0.4) is 0 Å². The van der Waals surface area contributed by atoms with E-state index < -0.39 is 24.1 Å². The Morgan fingerprint density at radius 3 is 2.78 bits per heavy atom. The molecule has 0 unspecified atom stereocenters. The average Bonchev–Trinajstić information content (AvgIpc) is 3.33. The molecule has 1 aromatic heterocycles. The number of likely N-dealkylation sites (N-methyl/N-ethyl adjacent to an activating group) is 1. The van der Waals surface area contributed by atoms with Crippen LogP contribution in [0.2, 0.25) is 0 Å². The van der Waals surface area contributed by atoms with Crippen molar-refractivity contribution in [2.24, 2.45) is 0 Å². The number of amides is 3. The molecule has 0 aliphatic carbocycles. The highest BCUT2D eigenvalue weighted by Crippen LogP contribution is 2.35. The lowest BCUT2D eigenvalue weighted by molar-refractivity contribution is -0.139. The number of anilines is 1. The van der Waals surface area contributed by atoms with Crippen molar-refractivity contribution in [1.82, 2.24) is 16.0 Å². The van der Waals surface area contributed by atoms with Crippen molar-refractivity contribution in [1.29, 1.82) is 0 Å². The number of urea groups is 1. The molecule has 2 aromatic rings. The Kier molecular flexibility index (Phi) is 6.02. The summed E-state index contributed by atoms with van der Waals surface area (Å²) in [6, 6.07) is 9.36. The van der Waals surface area contributed by atoms with E-state index in [1.807, 2.05) is 23.1 Å². The summed E-state index contributed by atoms with van der Waals surface area (Å²) >= 11 is 0. The number of nitrogens with zero attached hydrogens (tertiary/aromatic N) is 1. The maximum Gasteiger partial charge on any atom is 0.338 e. The van der Waals surface area contributed by atoms with Gasteiger partial charge in [0.1, 0.15) is 17.6 Å². The van der Waals surface area contributed by atoms with Gasteiger partial charge >= 0.3 is 12.0 Å². The number of furan rings is 1. The minimum absolute atomic E-state index is 0.145. The quantitative estimate of drug-likeness (QED) is 0.582. The van der Waals surface area contributed by atoms with Gasteiger partial charge in [0.15, 0.2) is 6.10 Å². The molecule has 3 heterocycles. The molecule has 4 rings (SSSR count). The highest BCUT2D eigenvalue weighted by Gasteiger charge is 2.37. The topological polar surface area (TPSA) is 122 Å². The van der Waals surface area contributed by atoms with Gasteiger partial charge in [-0.05, 0) is 31.2 Å². The van der Waals surface area contributed by atoms with Crippen LogP contribution in [0, 0.1) is 0 Å². The molecule has 10 nitrogen and oxygen atoms in total. The normalized spacial score (nSPS) is 19.9. The van der Waals surface area contributed by atoms with E-state index in [9.17, 15) is 14.4 Å². The van der Waals surface area contributed by atoms with E-state index >= 15 is 0 Å². The molecule has 0 spiro atoms. The Balaban J connectivity index is 1.75. The SMILES string of the molecule is CCOC(=O)C1=C(CN2C[C@@H](C(=O)NC)Oc3ccccc32)NC(=O)N[C@@H]1c1ccco1. The number of benzene rings is 1. The smallest absolute Gasteiger partial charge is 0.338 e. The van der Waals surface area contributed by atoms with Gasteiger partial charge in [-0.2, -0.15) is 0 Å². The number of nitrogens with one attached hydrogen (secondary N) is 3. The first-order chi connectivity index (χ1) is 15.5. The lowest BCUT2D eigenvalue weighted by Gasteiger charge is -2.37. The van der Waals surface area contributed by atoms with Crippen LogP contribution >= 0.6 is 0 Å². The van der Waals surface area contributed by atoms with Crippen molar-refractivity contribution >= 4 is 23.6 Å². The third kappa shape index (κ3) is 4.11. The first-order valence-corrected chi connectivity index (χ1v) is 10.2. The number of para-hydroxylation sites is 2. The molecular weight excluding hydrogens is 416 g/mol. The highest BCUT2D eigenvalue weighted by molar-refractivity contribution is 5.95. The molecule has 0 radical (unpaired) electrons. The van der Waals surface area contributed by atoms with Gasteiger partial charge in [0.2, 0.25) is 0 Å². The fraction of sp³-hybridized carbons (Fsp3) is 0.318. The van der Waals surface area contributed by atoms with E-state index in [2.05, 4.69) is 16.0 Å². The Morgan fingerprint density at radius 1 is 1.25 bits per heavy atom. The van der Waals surface area contributed by atoms with E-state index in [1.54, 1.807) is 32.2 Å². The second kappa shape index (κ2) is 9.04. The van der Waals surface area contributed by atoms with Gasteiger partial charge in [0.25, 0.3) is 5.91 Å². The average molecular weight is 440 g/mol. The van der Waals surface area contributed by atoms with Crippen LogP contribution in [0.4, 0.5) is 10.5 Å². The van der Waals surface area contributed by atoms with Gasteiger partial charge in [0, 0.05) is 7.05 Å². The molecule has 3 amide bonds. The first kappa shape index (κ1) is 21.3. The van der Waals surface area contributed by atoms with Crippen LogP contribution in [-0.2, 0) is 14.3 Å². The third-order valence-electron chi connectivity index (χ3n) is 5.23. The van der Waals surface area contributed by atoms with E-state index in [1.165, 1.54) is 6.26 Å². The van der Waals surface area contributed by atoms with Gasteiger partial charge < -0.3 is 34.7 Å². The molecule has 10 heteroatoms. The molecule has 2 aliphatic rings. The van der Waals surface area contributed by atoms with E-state index in [4.69, 9.17) is 13.9 Å². The van der Waals surface area contributed by atoms with Gasteiger partial charge in [-0.15, -0.1) is 0 Å². The van der Waals surface area contributed by atoms with Crippen LogP contribution in [0.1, 0.15) is 18.7 Å². The van der Waals surface area contributed by atoms with E-state index in [0.717, 1.165) is 5.69 Å². The number of rotatable bonds is 6. The zero-order valence-electron chi connectivity index (χ0n) is 17.7. The molecule has 0 saturated carbocycles. The molecule has 1 aromatic carbocycles. The number of carbonyl (C=O) groups excluding carboxylic acids is 3. The Labute approximate surface area is 184 Å². The summed E-state index contributed by atoms with van der Waals surface area (Å²) < 4.78 is 16.6. The molecule has 2 atom stereocenters. The van der Waals surface area contributed by atoms with Crippen LogP contribution in [0.5, 0.6) is 5.75 Å². The van der Waals surface area contributed by atoms with Crippen molar-refractivity contribution in [3.05, 3.63) is 59.7 Å². The highest BCUT2D eigenvalue weighted by atomic mass is 16.5. The molecule has 168 valence electrons. The predicted octanol–water partition coefficient (Wildman–Crippen LogP) is 1.46. The second-order valence-corrected chi connectivity index (χ2v) is 7.23. The van der Waals surface area contributed by atoms with Crippen LogP contribution in [0.25, 0.3) is 0 Å². The summed E-state index contributed by atoms with van der Waals surface area (Å²) in [4.78, 5) is 39.5. The van der Waals surface area contributed by atoms with E-state index in [-0.39, 0.29) is 31.2 Å². The number of carbonyl (C=O) groups is 3. The standard InChI is InChI=1S/C22H24N4O6/c1-3-30-21(28)18-13(24-22(29)25-19(18)16-9-6-10-31-16)11-26-12-17(20(27)23-2)32-15-8-5-4-7-14(15)26/h4-10,17,19H,3,11-12H2,1-2H3,(H,23,27)(H2,24,25,29)/t17-,19+/m0/s1. The van der Waals surface area contributed by atoms with Crippen molar-refractivity contribution in [3.63, 3.8) is 0 Å². The summed E-state index contributed by atoms with van der Waals surface area (Å²) in [5, 5.41) is 8.06. The van der Waals surface area contributed by atoms with Gasteiger partial charge in [-0.25, -0.2) is 9.59 Å². The monoisotopic (exact) mass is 440 g/mol. The number of ether oxygens (including phenoxy) is 2. The van der Waals surface area contributed by atoms with E-state index in [0.29, 0.717) is 17.2 Å². The Bertz CT molecular complexity index is 1050. The van der Waals surface area contributed by atoms with Crippen LogP contribution < -0.4 is 25.6 Å². The maximum atomic E-state index is 12.9. The van der Waals surface area contributed by atoms with Crippen molar-refractivity contribution in [2.45, 2.75) is 19.1 Å². The van der Waals surface area contributed by atoms with Crippen molar-refractivity contribution in [3.8, 4) is 5.75 Å². The predicted molar refractivity (Wildman–Crippen MR) is 114 cm³/mol. The second-order valence-electron chi connectivity index (χ2n) is 7.23. The first-order valence-electron chi connectivity index (χ1n) is 10.2. The lowest BCUT2D eigenvalue weighted by Crippen LogP contribution is -2.52. The fourth-order valence-electron chi connectivity index (χ4n) is 3.81. The Morgan fingerprint density at radius 2 is 2.06 bits per heavy atom. The number of fused-ring (bicyclic) bond motifs is 1. The maximum absolute atomic E-state index is 12.9. The summed E-state index contributed by atoms with van der Waals surface area (Å²) in [7, 11) is 1.54. The number of hydrogen-bond donors (Lipinski definition) is 3. The number of esters is 1. The minimum atomic E-state index is -0.807. The van der Waals surface area contributed by atoms with Gasteiger partial charge in [0.05, 0.1) is 42.9 Å². The lowest BCUT2D eigenvalue weighted by atomic mass is 9.99. The molecule has 0 fully saturated rings. The van der Waals surface area contributed by atoms with Crippen molar-refractivity contribution in [2.75, 3.05) is 31.6 Å². The largest absolute Gasteiger partial charge is 0.477 e. The van der Waals surface area contributed by atoms with Crippen LogP contribution in [-0.4, -0.2) is 50.8 Å². The Hall–Kier alpha value is -3.95. The fourth-order valence-corrected chi connectivity index (χ4v) is 3.81. The summed E-state index contributed by atoms with van der Waals surface area (Å²) in [6.45, 7) is 2.26. The third-order valence-corrected chi connectivity index (χ3v) is 5.23. The zero-order valence-corrected chi connectivity index (χ0v) is 17.7.